The van der Waals surface area contributed by atoms with E-state index >= 15 is 0 Å². The number of carbonyl (C=O) groups excluding carboxylic acids is 2. The van der Waals surface area contributed by atoms with Crippen molar-refractivity contribution in [2.24, 2.45) is 5.92 Å². The predicted molar refractivity (Wildman–Crippen MR) is 79.5 cm³/mol. The van der Waals surface area contributed by atoms with Gasteiger partial charge in [-0.3, -0.25) is 9.59 Å². The number of hydrogen-bond acceptors (Lipinski definition) is 3. The van der Waals surface area contributed by atoms with Crippen LogP contribution in [0.5, 0.6) is 0 Å². The van der Waals surface area contributed by atoms with Gasteiger partial charge >= 0.3 is 0 Å². The topological polar surface area (TPSA) is 49.4 Å². The summed E-state index contributed by atoms with van der Waals surface area (Å²) in [6.45, 7) is 0.716. The Morgan fingerprint density at radius 1 is 1.45 bits per heavy atom. The molecule has 3 rings (SSSR count). The third-order valence-corrected chi connectivity index (χ3v) is 4.56. The molecule has 2 aliphatic rings. The fourth-order valence-electron chi connectivity index (χ4n) is 2.09. The lowest BCUT2D eigenvalue weighted by Gasteiger charge is -2.26. The van der Waals surface area contributed by atoms with Crippen LogP contribution >= 0.6 is 11.8 Å². The van der Waals surface area contributed by atoms with Crippen LogP contribution in [-0.4, -0.2) is 25.4 Å². The Bertz CT molecular complexity index is 593. The molecule has 1 heterocycles. The lowest BCUT2D eigenvalue weighted by molar-refractivity contribution is -0.118. The Morgan fingerprint density at radius 2 is 2.20 bits per heavy atom. The zero-order valence-electron chi connectivity index (χ0n) is 11.3. The number of nitrogens with one attached hydrogen (secondary N) is 1. The number of anilines is 1. The van der Waals surface area contributed by atoms with Crippen LogP contribution in [-0.2, 0) is 9.59 Å². The summed E-state index contributed by atoms with van der Waals surface area (Å²) in [5.41, 5.74) is 0.887. The predicted octanol–water partition coefficient (Wildman–Crippen LogP) is 2.17. The Morgan fingerprint density at radius 3 is 2.95 bits per heavy atom. The van der Waals surface area contributed by atoms with Gasteiger partial charge in [0.25, 0.3) is 5.91 Å². The fraction of sp³-hybridized carbons (Fsp3) is 0.333. The summed E-state index contributed by atoms with van der Waals surface area (Å²) in [6.07, 6.45) is 3.81. The van der Waals surface area contributed by atoms with Crippen LogP contribution < -0.4 is 10.2 Å². The number of nitrogens with zero attached hydrogens (tertiary/aromatic N) is 1. The zero-order valence-corrected chi connectivity index (χ0v) is 12.1. The van der Waals surface area contributed by atoms with Gasteiger partial charge < -0.3 is 10.2 Å². The van der Waals surface area contributed by atoms with Crippen molar-refractivity contribution < 1.29 is 9.59 Å². The average Bonchev–Trinajstić information content (AvgIpc) is 3.26. The van der Waals surface area contributed by atoms with E-state index in [1.165, 1.54) is 30.7 Å². The van der Waals surface area contributed by atoms with Gasteiger partial charge in [0.05, 0.1) is 10.6 Å². The van der Waals surface area contributed by atoms with Gasteiger partial charge in [-0.2, -0.15) is 0 Å². The molecule has 4 nitrogen and oxygen atoms in total. The van der Waals surface area contributed by atoms with Crippen LogP contribution in [0.3, 0.4) is 0 Å². The minimum atomic E-state index is -0.180. The molecule has 0 saturated heterocycles. The lowest BCUT2D eigenvalue weighted by Crippen LogP contribution is -2.31. The summed E-state index contributed by atoms with van der Waals surface area (Å²) >= 11 is 1.36. The van der Waals surface area contributed by atoms with Crippen molar-refractivity contribution in [1.82, 2.24) is 5.32 Å². The molecule has 0 bridgehead atoms. The molecule has 5 heteroatoms. The van der Waals surface area contributed by atoms with E-state index in [2.05, 4.69) is 5.32 Å². The van der Waals surface area contributed by atoms with Crippen LogP contribution in [0, 0.1) is 5.92 Å². The number of rotatable bonds is 3. The van der Waals surface area contributed by atoms with Gasteiger partial charge in [0.1, 0.15) is 0 Å². The van der Waals surface area contributed by atoms with Gasteiger partial charge in [-0.05, 0) is 30.9 Å². The third kappa shape index (κ3) is 2.72. The Kier molecular flexibility index (Phi) is 3.53. The number of hydrogen-bond donors (Lipinski definition) is 1. The number of para-hydroxylation sites is 1. The van der Waals surface area contributed by atoms with Crippen molar-refractivity contribution in [2.75, 3.05) is 18.5 Å². The number of fused-ring (bicyclic) bond motifs is 1. The fourth-order valence-corrected chi connectivity index (χ4v) is 3.17. The maximum Gasteiger partial charge on any atom is 0.265 e. The van der Waals surface area contributed by atoms with Crippen LogP contribution in [0.25, 0.3) is 0 Å². The van der Waals surface area contributed by atoms with E-state index in [-0.39, 0.29) is 11.8 Å². The highest BCUT2D eigenvalue weighted by molar-refractivity contribution is 8.04. The van der Waals surface area contributed by atoms with Gasteiger partial charge in [-0.25, -0.2) is 0 Å². The molecule has 1 aliphatic heterocycles. The second-order valence-electron chi connectivity index (χ2n) is 5.13. The zero-order chi connectivity index (χ0) is 14.1. The Hall–Kier alpha value is -1.75. The monoisotopic (exact) mass is 288 g/mol. The summed E-state index contributed by atoms with van der Waals surface area (Å²) in [6, 6.07) is 7.70. The van der Waals surface area contributed by atoms with E-state index in [4.69, 9.17) is 0 Å². The second kappa shape index (κ2) is 5.32. The van der Waals surface area contributed by atoms with E-state index in [1.807, 2.05) is 24.3 Å². The molecule has 20 heavy (non-hydrogen) atoms. The molecule has 0 spiro atoms. The highest BCUT2D eigenvalue weighted by atomic mass is 32.2. The minimum absolute atomic E-state index is 0.129. The average molecular weight is 288 g/mol. The van der Waals surface area contributed by atoms with E-state index in [0.29, 0.717) is 17.4 Å². The van der Waals surface area contributed by atoms with Gasteiger partial charge in [-0.1, -0.05) is 23.9 Å². The first-order valence-corrected chi connectivity index (χ1v) is 7.51. The highest BCUT2D eigenvalue weighted by Crippen LogP contribution is 2.40. The lowest BCUT2D eigenvalue weighted by atomic mass is 10.2. The van der Waals surface area contributed by atoms with Crippen molar-refractivity contribution in [3.8, 4) is 0 Å². The molecule has 0 unspecified atom stereocenters. The van der Waals surface area contributed by atoms with Gasteiger partial charge in [0, 0.05) is 24.6 Å². The molecule has 104 valence electrons. The van der Waals surface area contributed by atoms with Crippen LogP contribution in [0.2, 0.25) is 0 Å². The van der Waals surface area contributed by atoms with E-state index in [1.54, 1.807) is 11.9 Å². The van der Waals surface area contributed by atoms with Crippen molar-refractivity contribution in [3.63, 3.8) is 0 Å². The normalized spacial score (nSPS) is 19.9. The first kappa shape index (κ1) is 13.2. The number of thioether (sulfide) groups is 1. The molecular formula is C15H16N2O2S. The first-order chi connectivity index (χ1) is 9.65. The summed E-state index contributed by atoms with van der Waals surface area (Å²) in [7, 11) is 1.73. The molecule has 1 N–H and O–H groups in total. The summed E-state index contributed by atoms with van der Waals surface area (Å²) < 4.78 is 0. The minimum Gasteiger partial charge on any atom is -0.352 e. The third-order valence-electron chi connectivity index (χ3n) is 3.49. The smallest absolute Gasteiger partial charge is 0.265 e. The van der Waals surface area contributed by atoms with E-state index in [0.717, 1.165) is 10.6 Å². The Labute approximate surface area is 122 Å². The van der Waals surface area contributed by atoms with Crippen LogP contribution in [0.15, 0.2) is 40.1 Å². The van der Waals surface area contributed by atoms with Crippen LogP contribution in [0.4, 0.5) is 5.69 Å². The second-order valence-corrected chi connectivity index (χ2v) is 6.21. The summed E-state index contributed by atoms with van der Waals surface area (Å²) in [5, 5.41) is 2.85. The number of likely N-dealkylation sites (N-methyl/N-ethyl adjacent to an activating group) is 1. The molecule has 1 saturated carbocycles. The number of benzene rings is 1. The molecule has 0 radical (unpaired) electrons. The van der Waals surface area contributed by atoms with Gasteiger partial charge in [0.15, 0.2) is 0 Å². The molecular weight excluding hydrogens is 272 g/mol. The SMILES string of the molecule is CN1C(=O)/C(=C\C(=O)NCC2CC2)Sc2ccccc21. The Balaban J connectivity index is 1.76. The van der Waals surface area contributed by atoms with Crippen molar-refractivity contribution in [3.05, 3.63) is 35.2 Å². The number of carbonyl (C=O) groups is 2. The summed E-state index contributed by atoms with van der Waals surface area (Å²) in [4.78, 5) is 27.1. The molecule has 1 aromatic carbocycles. The maximum atomic E-state index is 12.2. The van der Waals surface area contributed by atoms with Crippen molar-refractivity contribution >= 4 is 29.3 Å². The standard InChI is InChI=1S/C15H16N2O2S/c1-17-11-4-2-3-5-12(11)20-13(15(17)19)8-14(18)16-9-10-6-7-10/h2-5,8,10H,6-7,9H2,1H3,(H,16,18)/b13-8+. The molecule has 2 amide bonds. The first-order valence-electron chi connectivity index (χ1n) is 6.69. The molecule has 1 aliphatic carbocycles. The number of amides is 2. The molecule has 0 aromatic heterocycles. The highest BCUT2D eigenvalue weighted by Gasteiger charge is 2.27. The van der Waals surface area contributed by atoms with Gasteiger partial charge in [0.2, 0.25) is 5.91 Å². The van der Waals surface area contributed by atoms with E-state index in [9.17, 15) is 9.59 Å². The maximum absolute atomic E-state index is 12.2. The largest absolute Gasteiger partial charge is 0.352 e. The van der Waals surface area contributed by atoms with Crippen LogP contribution in [0.1, 0.15) is 12.8 Å². The van der Waals surface area contributed by atoms with Gasteiger partial charge in [-0.15, -0.1) is 0 Å². The molecule has 1 aromatic rings. The molecule has 1 fully saturated rings. The van der Waals surface area contributed by atoms with Crippen molar-refractivity contribution in [2.45, 2.75) is 17.7 Å². The summed E-state index contributed by atoms with van der Waals surface area (Å²) in [5.74, 6) is 0.325. The quantitative estimate of drug-likeness (QED) is 0.867. The van der Waals surface area contributed by atoms with Crippen molar-refractivity contribution in [1.29, 1.82) is 0 Å². The molecule has 0 atom stereocenters. The van der Waals surface area contributed by atoms with E-state index < -0.39 is 0 Å².